The summed E-state index contributed by atoms with van der Waals surface area (Å²) < 4.78 is 5.83. The topological polar surface area (TPSA) is 47.0 Å². The van der Waals surface area contributed by atoms with Crippen molar-refractivity contribution in [1.82, 2.24) is 9.97 Å². The number of para-hydroxylation sites is 1. The van der Waals surface area contributed by atoms with E-state index in [9.17, 15) is 0 Å². The van der Waals surface area contributed by atoms with Gasteiger partial charge in [-0.2, -0.15) is 0 Å². The van der Waals surface area contributed by atoms with Gasteiger partial charge in [-0.1, -0.05) is 54.6 Å². The maximum atomic E-state index is 5.83. The summed E-state index contributed by atoms with van der Waals surface area (Å²) in [6, 6.07) is 26.3. The quantitative estimate of drug-likeness (QED) is 0.546. The second-order valence-corrected chi connectivity index (χ2v) is 6.01. The van der Waals surface area contributed by atoms with Crippen LogP contribution in [-0.4, -0.2) is 9.97 Å². The molecular weight excluding hydrogens is 322 g/mol. The van der Waals surface area contributed by atoms with Gasteiger partial charge in [-0.25, -0.2) is 9.97 Å². The molecule has 0 radical (unpaired) electrons. The van der Waals surface area contributed by atoms with E-state index in [0.29, 0.717) is 13.2 Å². The number of hydrogen-bond donors (Lipinski definition) is 1. The van der Waals surface area contributed by atoms with Crippen LogP contribution in [0.3, 0.4) is 0 Å². The van der Waals surface area contributed by atoms with Crippen LogP contribution in [0.25, 0.3) is 10.9 Å². The highest BCUT2D eigenvalue weighted by molar-refractivity contribution is 5.88. The van der Waals surface area contributed by atoms with Crippen molar-refractivity contribution in [3.05, 3.63) is 96.3 Å². The highest BCUT2D eigenvalue weighted by Gasteiger charge is 2.03. The van der Waals surface area contributed by atoms with Crippen molar-refractivity contribution >= 4 is 16.7 Å². The molecular formula is C22H19N3O. The predicted molar refractivity (Wildman–Crippen MR) is 104 cm³/mol. The van der Waals surface area contributed by atoms with Crippen LogP contribution in [0.2, 0.25) is 0 Å². The van der Waals surface area contributed by atoms with E-state index in [4.69, 9.17) is 4.74 Å². The molecule has 0 atom stereocenters. The number of anilines is 1. The Hall–Kier alpha value is -3.40. The summed E-state index contributed by atoms with van der Waals surface area (Å²) in [7, 11) is 0. The maximum absolute atomic E-state index is 5.83. The number of aromatic nitrogens is 2. The van der Waals surface area contributed by atoms with Crippen LogP contribution < -0.4 is 10.1 Å². The second kappa shape index (κ2) is 7.66. The van der Waals surface area contributed by atoms with Crippen LogP contribution in [0.5, 0.6) is 5.75 Å². The molecule has 1 aromatic heterocycles. The van der Waals surface area contributed by atoms with Gasteiger partial charge in [0.15, 0.2) is 0 Å². The van der Waals surface area contributed by atoms with Crippen LogP contribution >= 0.6 is 0 Å². The van der Waals surface area contributed by atoms with Crippen molar-refractivity contribution in [2.24, 2.45) is 0 Å². The Bertz CT molecular complexity index is 980. The zero-order chi connectivity index (χ0) is 17.6. The van der Waals surface area contributed by atoms with Gasteiger partial charge < -0.3 is 10.1 Å². The zero-order valence-electron chi connectivity index (χ0n) is 14.3. The van der Waals surface area contributed by atoms with Gasteiger partial charge >= 0.3 is 0 Å². The monoisotopic (exact) mass is 341 g/mol. The van der Waals surface area contributed by atoms with E-state index in [-0.39, 0.29) is 0 Å². The van der Waals surface area contributed by atoms with Gasteiger partial charge in [0.1, 0.15) is 24.5 Å². The summed E-state index contributed by atoms with van der Waals surface area (Å²) in [5.74, 6) is 1.71. The molecule has 26 heavy (non-hydrogen) atoms. The first-order valence-electron chi connectivity index (χ1n) is 8.58. The number of nitrogens with zero attached hydrogens (tertiary/aromatic N) is 2. The third-order valence-electron chi connectivity index (χ3n) is 4.17. The van der Waals surface area contributed by atoms with Crippen molar-refractivity contribution < 1.29 is 4.74 Å². The molecule has 4 heteroatoms. The van der Waals surface area contributed by atoms with Gasteiger partial charge in [-0.05, 0) is 35.4 Å². The minimum absolute atomic E-state index is 0.575. The first-order valence-corrected chi connectivity index (χ1v) is 8.58. The number of hydrogen-bond acceptors (Lipinski definition) is 4. The average molecular weight is 341 g/mol. The van der Waals surface area contributed by atoms with Crippen LogP contribution in [0.4, 0.5) is 5.82 Å². The van der Waals surface area contributed by atoms with Crippen LogP contribution in [0, 0.1) is 0 Å². The molecule has 0 aliphatic rings. The van der Waals surface area contributed by atoms with E-state index >= 15 is 0 Å². The molecule has 0 aliphatic carbocycles. The smallest absolute Gasteiger partial charge is 0.137 e. The number of benzene rings is 3. The SMILES string of the molecule is c1ccc(COc2ccc(CNc3ncnc4ccccc34)cc2)cc1. The standard InChI is InChI=1S/C22H19N3O/c1-2-6-18(7-3-1)15-26-19-12-10-17(11-13-19)14-23-22-20-8-4-5-9-21(20)24-16-25-22/h1-13,16H,14-15H2,(H,23,24,25). The van der Waals surface area contributed by atoms with Gasteiger partial charge in [0, 0.05) is 11.9 Å². The molecule has 128 valence electrons. The third kappa shape index (κ3) is 3.81. The number of ether oxygens (including phenoxy) is 1. The second-order valence-electron chi connectivity index (χ2n) is 6.01. The minimum Gasteiger partial charge on any atom is -0.489 e. The summed E-state index contributed by atoms with van der Waals surface area (Å²) in [4.78, 5) is 8.64. The van der Waals surface area contributed by atoms with E-state index in [0.717, 1.165) is 28.0 Å². The number of fused-ring (bicyclic) bond motifs is 1. The van der Waals surface area contributed by atoms with E-state index in [1.165, 1.54) is 5.56 Å². The van der Waals surface area contributed by atoms with Gasteiger partial charge in [0.05, 0.1) is 5.52 Å². The number of nitrogens with one attached hydrogen (secondary N) is 1. The lowest BCUT2D eigenvalue weighted by atomic mass is 10.2. The summed E-state index contributed by atoms with van der Waals surface area (Å²) >= 11 is 0. The number of rotatable bonds is 6. The fraction of sp³-hybridized carbons (Fsp3) is 0.0909. The molecule has 0 spiro atoms. The summed E-state index contributed by atoms with van der Waals surface area (Å²) in [5.41, 5.74) is 3.27. The summed E-state index contributed by atoms with van der Waals surface area (Å²) in [5, 5.41) is 4.42. The molecule has 3 aromatic carbocycles. The van der Waals surface area contributed by atoms with Crippen LogP contribution in [0.15, 0.2) is 85.2 Å². The summed E-state index contributed by atoms with van der Waals surface area (Å²) in [6.45, 7) is 1.27. The molecule has 4 nitrogen and oxygen atoms in total. The molecule has 0 unspecified atom stereocenters. The Morgan fingerprint density at radius 2 is 1.50 bits per heavy atom. The van der Waals surface area contributed by atoms with Crippen molar-refractivity contribution in [3.8, 4) is 5.75 Å². The molecule has 4 aromatic rings. The minimum atomic E-state index is 0.575. The first-order chi connectivity index (χ1) is 12.9. The predicted octanol–water partition coefficient (Wildman–Crippen LogP) is 4.82. The Morgan fingerprint density at radius 3 is 2.35 bits per heavy atom. The molecule has 1 heterocycles. The zero-order valence-corrected chi connectivity index (χ0v) is 14.3. The maximum Gasteiger partial charge on any atom is 0.137 e. The average Bonchev–Trinajstić information content (AvgIpc) is 2.72. The Morgan fingerprint density at radius 1 is 0.731 bits per heavy atom. The van der Waals surface area contributed by atoms with E-state index in [1.54, 1.807) is 6.33 Å². The van der Waals surface area contributed by atoms with Crippen molar-refractivity contribution in [2.75, 3.05) is 5.32 Å². The van der Waals surface area contributed by atoms with Crippen LogP contribution in [-0.2, 0) is 13.2 Å². The van der Waals surface area contributed by atoms with E-state index in [1.807, 2.05) is 54.6 Å². The highest BCUT2D eigenvalue weighted by atomic mass is 16.5. The highest BCUT2D eigenvalue weighted by Crippen LogP contribution is 2.20. The summed E-state index contributed by atoms with van der Waals surface area (Å²) in [6.07, 6.45) is 1.59. The van der Waals surface area contributed by atoms with Crippen molar-refractivity contribution in [2.45, 2.75) is 13.2 Å². The molecule has 1 N–H and O–H groups in total. The van der Waals surface area contributed by atoms with Crippen LogP contribution in [0.1, 0.15) is 11.1 Å². The molecule has 0 saturated carbocycles. The van der Waals surface area contributed by atoms with Gasteiger partial charge in [-0.3, -0.25) is 0 Å². The van der Waals surface area contributed by atoms with E-state index < -0.39 is 0 Å². The Kier molecular flexibility index (Phi) is 4.74. The third-order valence-corrected chi connectivity index (χ3v) is 4.17. The fourth-order valence-corrected chi connectivity index (χ4v) is 2.78. The lowest BCUT2D eigenvalue weighted by molar-refractivity contribution is 0.306. The largest absolute Gasteiger partial charge is 0.489 e. The lowest BCUT2D eigenvalue weighted by Crippen LogP contribution is -2.02. The molecule has 0 saturated heterocycles. The molecule has 0 bridgehead atoms. The molecule has 4 rings (SSSR count). The molecule has 0 aliphatic heterocycles. The lowest BCUT2D eigenvalue weighted by Gasteiger charge is -2.10. The molecule has 0 fully saturated rings. The normalized spacial score (nSPS) is 10.6. The Balaban J connectivity index is 1.38. The van der Waals surface area contributed by atoms with Crippen molar-refractivity contribution in [1.29, 1.82) is 0 Å². The van der Waals surface area contributed by atoms with E-state index in [2.05, 4.69) is 39.6 Å². The fourth-order valence-electron chi connectivity index (χ4n) is 2.78. The van der Waals surface area contributed by atoms with Gasteiger partial charge in [-0.15, -0.1) is 0 Å². The van der Waals surface area contributed by atoms with Crippen molar-refractivity contribution in [3.63, 3.8) is 0 Å². The first kappa shape index (κ1) is 16.1. The Labute approximate surface area is 152 Å². The van der Waals surface area contributed by atoms with Gasteiger partial charge in [0.2, 0.25) is 0 Å². The molecule has 0 amide bonds. The van der Waals surface area contributed by atoms with Gasteiger partial charge in [0.25, 0.3) is 0 Å².